The van der Waals surface area contributed by atoms with Crippen molar-refractivity contribution in [2.45, 2.75) is 13.0 Å². The second kappa shape index (κ2) is 11.9. The summed E-state index contributed by atoms with van der Waals surface area (Å²) < 4.78 is 0. The summed E-state index contributed by atoms with van der Waals surface area (Å²) in [5, 5.41) is 6.77. The molecule has 1 aliphatic heterocycles. The van der Waals surface area contributed by atoms with Gasteiger partial charge >= 0.3 is 0 Å². The Morgan fingerprint density at radius 2 is 1.79 bits per heavy atom. The number of halogens is 1. The average Bonchev–Trinajstić information content (AvgIpc) is 2.72. The number of aromatic nitrogens is 1. The van der Waals surface area contributed by atoms with E-state index in [1.165, 1.54) is 11.1 Å². The minimum absolute atomic E-state index is 0. The second-order valence-corrected chi connectivity index (χ2v) is 6.90. The van der Waals surface area contributed by atoms with E-state index in [4.69, 9.17) is 0 Å². The highest BCUT2D eigenvalue weighted by atomic mass is 127. The summed E-state index contributed by atoms with van der Waals surface area (Å²) in [6.07, 6.45) is 2.88. The minimum atomic E-state index is 0. The van der Waals surface area contributed by atoms with Gasteiger partial charge in [0.05, 0.1) is 0 Å². The quantitative estimate of drug-likeness (QED) is 0.367. The van der Waals surface area contributed by atoms with Gasteiger partial charge in [-0.2, -0.15) is 0 Å². The van der Waals surface area contributed by atoms with Crippen LogP contribution in [0.1, 0.15) is 11.1 Å². The first-order valence-corrected chi connectivity index (χ1v) is 9.61. The number of benzene rings is 1. The molecule has 1 aliphatic rings. The molecule has 0 atom stereocenters. The van der Waals surface area contributed by atoms with Gasteiger partial charge in [0.15, 0.2) is 5.96 Å². The number of piperazine rings is 1. The van der Waals surface area contributed by atoms with Crippen molar-refractivity contribution in [1.82, 2.24) is 20.5 Å². The van der Waals surface area contributed by atoms with Crippen LogP contribution in [-0.2, 0) is 13.0 Å². The smallest absolute Gasteiger partial charge is 0.191 e. The van der Waals surface area contributed by atoms with Crippen molar-refractivity contribution in [3.8, 4) is 0 Å². The number of guanidine groups is 1. The zero-order chi connectivity index (χ0) is 18.9. The molecule has 0 aliphatic carbocycles. The first-order chi connectivity index (χ1) is 13.2. The molecule has 6 nitrogen and oxygen atoms in total. The van der Waals surface area contributed by atoms with Gasteiger partial charge in [0.1, 0.15) is 5.82 Å². The van der Waals surface area contributed by atoms with Crippen LogP contribution in [0.4, 0.5) is 5.82 Å². The van der Waals surface area contributed by atoms with Crippen molar-refractivity contribution in [1.29, 1.82) is 0 Å². The van der Waals surface area contributed by atoms with Crippen molar-refractivity contribution >= 4 is 35.8 Å². The Morgan fingerprint density at radius 3 is 2.50 bits per heavy atom. The van der Waals surface area contributed by atoms with Gasteiger partial charge in [-0.15, -0.1) is 24.0 Å². The normalized spacial score (nSPS) is 15.1. The molecule has 0 saturated carbocycles. The maximum Gasteiger partial charge on any atom is 0.191 e. The molecule has 0 radical (unpaired) electrons. The molecule has 0 bridgehead atoms. The predicted octanol–water partition coefficient (Wildman–Crippen LogP) is 2.36. The van der Waals surface area contributed by atoms with Gasteiger partial charge in [0.25, 0.3) is 0 Å². The highest BCUT2D eigenvalue weighted by Crippen LogP contribution is 2.14. The number of pyridine rings is 1. The lowest BCUT2D eigenvalue weighted by Gasteiger charge is -2.33. The van der Waals surface area contributed by atoms with Crippen LogP contribution in [0, 0.1) is 0 Å². The maximum absolute atomic E-state index is 4.55. The second-order valence-electron chi connectivity index (χ2n) is 6.90. The number of aliphatic imine (C=N–C) groups is 1. The monoisotopic (exact) mass is 494 g/mol. The summed E-state index contributed by atoms with van der Waals surface area (Å²) in [5.74, 6) is 1.89. The third-order valence-corrected chi connectivity index (χ3v) is 4.87. The summed E-state index contributed by atoms with van der Waals surface area (Å²) in [6, 6.07) is 14.7. The van der Waals surface area contributed by atoms with Gasteiger partial charge in [0, 0.05) is 52.5 Å². The summed E-state index contributed by atoms with van der Waals surface area (Å²) in [6.45, 7) is 5.82. The molecule has 7 heteroatoms. The molecule has 0 unspecified atom stereocenters. The van der Waals surface area contributed by atoms with E-state index in [0.717, 1.165) is 57.5 Å². The van der Waals surface area contributed by atoms with Crippen LogP contribution in [0.3, 0.4) is 0 Å². The number of anilines is 1. The molecule has 2 aromatic rings. The Morgan fingerprint density at radius 1 is 1.04 bits per heavy atom. The van der Waals surface area contributed by atoms with Gasteiger partial charge in [-0.1, -0.05) is 30.3 Å². The van der Waals surface area contributed by atoms with Crippen LogP contribution in [0.25, 0.3) is 0 Å². The van der Waals surface area contributed by atoms with Crippen molar-refractivity contribution in [2.75, 3.05) is 51.7 Å². The van der Waals surface area contributed by atoms with E-state index < -0.39 is 0 Å². The van der Waals surface area contributed by atoms with Gasteiger partial charge in [-0.25, -0.2) is 4.98 Å². The standard InChI is InChI=1S/C21H30N6.HI/c1-22-21(24-11-8-18-6-4-3-5-7-18)25-17-19-9-10-23-20(16-19)27-14-12-26(2)13-15-27;/h3-7,9-10,16H,8,11-15,17H2,1-2H3,(H2,22,24,25);1H. The van der Waals surface area contributed by atoms with Crippen LogP contribution < -0.4 is 15.5 Å². The van der Waals surface area contributed by atoms with E-state index in [1.807, 2.05) is 12.3 Å². The lowest BCUT2D eigenvalue weighted by atomic mass is 10.1. The Balaban J connectivity index is 0.00000280. The summed E-state index contributed by atoms with van der Waals surface area (Å²) >= 11 is 0. The maximum atomic E-state index is 4.55. The third-order valence-electron chi connectivity index (χ3n) is 4.87. The van der Waals surface area contributed by atoms with Crippen molar-refractivity contribution < 1.29 is 0 Å². The average molecular weight is 494 g/mol. The first kappa shape index (κ1) is 22.4. The van der Waals surface area contributed by atoms with E-state index in [1.54, 1.807) is 7.05 Å². The van der Waals surface area contributed by atoms with Crippen LogP contribution in [0.15, 0.2) is 53.7 Å². The van der Waals surface area contributed by atoms with Gasteiger partial charge in [-0.05, 0) is 36.7 Å². The van der Waals surface area contributed by atoms with Crippen LogP contribution in [0.2, 0.25) is 0 Å². The summed E-state index contributed by atoms with van der Waals surface area (Å²) in [4.78, 5) is 13.6. The molecule has 2 N–H and O–H groups in total. The van der Waals surface area contributed by atoms with E-state index in [0.29, 0.717) is 0 Å². The first-order valence-electron chi connectivity index (χ1n) is 9.61. The van der Waals surface area contributed by atoms with E-state index in [-0.39, 0.29) is 24.0 Å². The summed E-state index contributed by atoms with van der Waals surface area (Å²) in [7, 11) is 3.97. The zero-order valence-electron chi connectivity index (χ0n) is 16.8. The number of rotatable bonds is 6. The predicted molar refractivity (Wildman–Crippen MR) is 128 cm³/mol. The molecule has 3 rings (SSSR count). The van der Waals surface area contributed by atoms with Crippen LogP contribution in [0.5, 0.6) is 0 Å². The minimum Gasteiger partial charge on any atom is -0.356 e. The van der Waals surface area contributed by atoms with E-state index in [2.05, 4.69) is 73.9 Å². The van der Waals surface area contributed by atoms with Gasteiger partial charge < -0.3 is 20.4 Å². The van der Waals surface area contributed by atoms with Crippen molar-refractivity contribution in [2.24, 2.45) is 4.99 Å². The Labute approximate surface area is 185 Å². The SMILES string of the molecule is CN=C(NCCc1ccccc1)NCc1ccnc(N2CCN(C)CC2)c1.I. The highest BCUT2D eigenvalue weighted by molar-refractivity contribution is 14.0. The fourth-order valence-electron chi connectivity index (χ4n) is 3.16. The number of hydrogen-bond acceptors (Lipinski definition) is 4. The molecule has 2 heterocycles. The highest BCUT2D eigenvalue weighted by Gasteiger charge is 2.15. The third kappa shape index (κ3) is 6.94. The molecular formula is C21H31IN6. The van der Waals surface area contributed by atoms with Gasteiger partial charge in [-0.3, -0.25) is 4.99 Å². The van der Waals surface area contributed by atoms with Gasteiger partial charge in [0.2, 0.25) is 0 Å². The fraction of sp³-hybridized carbons (Fsp3) is 0.429. The van der Waals surface area contributed by atoms with E-state index in [9.17, 15) is 0 Å². The van der Waals surface area contributed by atoms with Crippen molar-refractivity contribution in [3.05, 3.63) is 59.8 Å². The molecule has 1 aromatic heterocycles. The zero-order valence-corrected chi connectivity index (χ0v) is 19.1. The Kier molecular flexibility index (Phi) is 9.49. The molecular weight excluding hydrogens is 463 g/mol. The molecule has 0 amide bonds. The van der Waals surface area contributed by atoms with E-state index >= 15 is 0 Å². The molecule has 152 valence electrons. The van der Waals surface area contributed by atoms with Crippen LogP contribution in [-0.4, -0.2) is 62.7 Å². The molecule has 0 spiro atoms. The Hall–Kier alpha value is -1.87. The lowest BCUT2D eigenvalue weighted by molar-refractivity contribution is 0.312. The van der Waals surface area contributed by atoms with Crippen molar-refractivity contribution in [3.63, 3.8) is 0 Å². The fourth-order valence-corrected chi connectivity index (χ4v) is 3.16. The number of nitrogens with zero attached hydrogens (tertiary/aromatic N) is 4. The molecule has 28 heavy (non-hydrogen) atoms. The molecule has 1 aromatic carbocycles. The number of nitrogens with one attached hydrogen (secondary N) is 2. The topological polar surface area (TPSA) is 55.8 Å². The number of likely N-dealkylation sites (N-methyl/N-ethyl adjacent to an activating group) is 1. The molecule has 1 saturated heterocycles. The Bertz CT molecular complexity index is 729. The van der Waals surface area contributed by atoms with Crippen LogP contribution >= 0.6 is 24.0 Å². The largest absolute Gasteiger partial charge is 0.356 e. The number of hydrogen-bond donors (Lipinski definition) is 2. The summed E-state index contributed by atoms with van der Waals surface area (Å²) in [5.41, 5.74) is 2.54. The molecule has 1 fully saturated rings. The lowest BCUT2D eigenvalue weighted by Crippen LogP contribution is -2.44.